The van der Waals surface area contributed by atoms with Gasteiger partial charge in [0.25, 0.3) is 0 Å². The Morgan fingerprint density at radius 3 is 2.50 bits per heavy atom. The Balaban J connectivity index is 2.82. The number of halogens is 1. The van der Waals surface area contributed by atoms with Crippen molar-refractivity contribution in [1.82, 2.24) is 0 Å². The van der Waals surface area contributed by atoms with E-state index in [9.17, 15) is 9.18 Å². The van der Waals surface area contributed by atoms with Gasteiger partial charge in [-0.3, -0.25) is 0 Å². The summed E-state index contributed by atoms with van der Waals surface area (Å²) in [5.74, 6) is -0.336. The van der Waals surface area contributed by atoms with Crippen LogP contribution >= 0.6 is 0 Å². The molecule has 2 nitrogen and oxygen atoms in total. The summed E-state index contributed by atoms with van der Waals surface area (Å²) in [4.78, 5) is 10.0. The average molecular weight is 165 g/mol. The molecular formula is C9H8FNO. The van der Waals surface area contributed by atoms with Crippen LogP contribution in [0.4, 0.5) is 4.39 Å². The number of carbonyl (C=O) groups excluding carboxylic acids is 1. The monoisotopic (exact) mass is 165 g/mol. The van der Waals surface area contributed by atoms with Crippen molar-refractivity contribution in [3.63, 3.8) is 0 Å². The Bertz CT molecular complexity index is 292. The fraction of sp³-hybridized carbons (Fsp3) is 0.111. The molecule has 0 aliphatic carbocycles. The van der Waals surface area contributed by atoms with Gasteiger partial charge in [0.2, 0.25) is 0 Å². The molecule has 0 saturated carbocycles. The molecule has 0 bridgehead atoms. The van der Waals surface area contributed by atoms with E-state index < -0.39 is 0 Å². The maximum absolute atomic E-state index is 12.4. The van der Waals surface area contributed by atoms with Crippen LogP contribution < -0.4 is 0 Å². The van der Waals surface area contributed by atoms with Crippen LogP contribution in [-0.2, 0) is 4.79 Å². The number of aldehydes is 1. The molecule has 0 amide bonds. The molecule has 0 saturated heterocycles. The van der Waals surface area contributed by atoms with Crippen molar-refractivity contribution >= 4 is 12.0 Å². The maximum Gasteiger partial charge on any atom is 0.125 e. The second kappa shape index (κ2) is 3.76. The largest absolute Gasteiger partial charge is 0.304 e. The first-order valence-electron chi connectivity index (χ1n) is 3.51. The maximum atomic E-state index is 12.4. The SMILES string of the molecule is N=C(CC=O)c1ccc(F)cc1. The Morgan fingerprint density at radius 1 is 1.42 bits per heavy atom. The molecule has 0 radical (unpaired) electrons. The molecule has 1 aromatic rings. The van der Waals surface area contributed by atoms with Gasteiger partial charge in [-0.2, -0.15) is 0 Å². The van der Waals surface area contributed by atoms with E-state index in [1.807, 2.05) is 0 Å². The minimum Gasteiger partial charge on any atom is -0.304 e. The van der Waals surface area contributed by atoms with Crippen LogP contribution in [0.3, 0.4) is 0 Å². The predicted molar refractivity (Wildman–Crippen MR) is 43.9 cm³/mol. The van der Waals surface area contributed by atoms with Crippen molar-refractivity contribution in [1.29, 1.82) is 5.41 Å². The van der Waals surface area contributed by atoms with E-state index in [1.54, 1.807) is 0 Å². The Kier molecular flexibility index (Phi) is 2.69. The van der Waals surface area contributed by atoms with Crippen molar-refractivity contribution < 1.29 is 9.18 Å². The van der Waals surface area contributed by atoms with Crippen molar-refractivity contribution in [3.8, 4) is 0 Å². The number of nitrogens with one attached hydrogen (secondary N) is 1. The molecule has 0 heterocycles. The molecule has 0 aliphatic rings. The van der Waals surface area contributed by atoms with E-state index in [-0.39, 0.29) is 17.9 Å². The quantitative estimate of drug-likeness (QED) is 0.538. The summed E-state index contributed by atoms with van der Waals surface area (Å²) < 4.78 is 12.4. The van der Waals surface area contributed by atoms with Gasteiger partial charge in [-0.15, -0.1) is 0 Å². The molecule has 62 valence electrons. The van der Waals surface area contributed by atoms with Crippen LogP contribution in [0.5, 0.6) is 0 Å². The fourth-order valence-corrected chi connectivity index (χ4v) is 0.852. The molecule has 1 aromatic carbocycles. The number of carbonyl (C=O) groups is 1. The highest BCUT2D eigenvalue weighted by atomic mass is 19.1. The number of rotatable bonds is 3. The van der Waals surface area contributed by atoms with Crippen LogP contribution in [0.15, 0.2) is 24.3 Å². The van der Waals surface area contributed by atoms with Crippen molar-refractivity contribution in [2.24, 2.45) is 0 Å². The van der Waals surface area contributed by atoms with Crippen molar-refractivity contribution in [2.45, 2.75) is 6.42 Å². The van der Waals surface area contributed by atoms with Gasteiger partial charge in [-0.05, 0) is 17.7 Å². The lowest BCUT2D eigenvalue weighted by molar-refractivity contribution is -0.106. The molecule has 1 N–H and O–H groups in total. The summed E-state index contributed by atoms with van der Waals surface area (Å²) >= 11 is 0. The van der Waals surface area contributed by atoms with E-state index in [0.29, 0.717) is 11.8 Å². The second-order valence-electron chi connectivity index (χ2n) is 2.36. The van der Waals surface area contributed by atoms with Crippen LogP contribution in [0.2, 0.25) is 0 Å². The van der Waals surface area contributed by atoms with E-state index in [1.165, 1.54) is 24.3 Å². The van der Waals surface area contributed by atoms with Gasteiger partial charge in [0, 0.05) is 12.1 Å². The first kappa shape index (κ1) is 8.59. The fourth-order valence-electron chi connectivity index (χ4n) is 0.852. The van der Waals surface area contributed by atoms with E-state index in [2.05, 4.69) is 0 Å². The highest BCUT2D eigenvalue weighted by molar-refractivity contribution is 6.04. The summed E-state index contributed by atoms with van der Waals surface area (Å²) in [6.45, 7) is 0. The lowest BCUT2D eigenvalue weighted by Crippen LogP contribution is -1.98. The molecule has 0 fully saturated rings. The first-order valence-corrected chi connectivity index (χ1v) is 3.51. The van der Waals surface area contributed by atoms with Gasteiger partial charge in [-0.1, -0.05) is 12.1 Å². The zero-order chi connectivity index (χ0) is 8.97. The zero-order valence-electron chi connectivity index (χ0n) is 6.38. The van der Waals surface area contributed by atoms with Gasteiger partial charge in [-0.25, -0.2) is 4.39 Å². The second-order valence-corrected chi connectivity index (χ2v) is 2.36. The average Bonchev–Trinajstić information content (AvgIpc) is 2.06. The standard InChI is InChI=1S/C9H8FNO/c10-8-3-1-7(2-4-8)9(11)5-6-12/h1-4,6,11H,5H2. The molecule has 0 aromatic heterocycles. The van der Waals surface area contributed by atoms with Crippen LogP contribution in [0.1, 0.15) is 12.0 Å². The van der Waals surface area contributed by atoms with Gasteiger partial charge in [0.15, 0.2) is 0 Å². The van der Waals surface area contributed by atoms with Gasteiger partial charge in [0.05, 0.1) is 0 Å². The smallest absolute Gasteiger partial charge is 0.125 e. The molecule has 0 atom stereocenters. The Morgan fingerprint density at radius 2 is 2.00 bits per heavy atom. The van der Waals surface area contributed by atoms with E-state index in [0.717, 1.165) is 0 Å². The molecule has 12 heavy (non-hydrogen) atoms. The molecule has 3 heteroatoms. The minimum atomic E-state index is -0.336. The predicted octanol–water partition coefficient (Wildman–Crippen LogP) is 1.78. The van der Waals surface area contributed by atoms with Gasteiger partial charge < -0.3 is 10.2 Å². The lowest BCUT2D eigenvalue weighted by Gasteiger charge is -1.98. The molecule has 0 aliphatic heterocycles. The van der Waals surface area contributed by atoms with Gasteiger partial charge >= 0.3 is 0 Å². The third-order valence-electron chi connectivity index (χ3n) is 1.48. The highest BCUT2D eigenvalue weighted by Crippen LogP contribution is 2.04. The van der Waals surface area contributed by atoms with E-state index >= 15 is 0 Å². The summed E-state index contributed by atoms with van der Waals surface area (Å²) in [7, 11) is 0. The molecule has 0 unspecified atom stereocenters. The highest BCUT2D eigenvalue weighted by Gasteiger charge is 1.99. The number of hydrogen-bond acceptors (Lipinski definition) is 2. The summed E-state index contributed by atoms with van der Waals surface area (Å²) in [5.41, 5.74) is 0.800. The van der Waals surface area contributed by atoms with Gasteiger partial charge in [0.1, 0.15) is 12.1 Å². The Hall–Kier alpha value is -1.51. The van der Waals surface area contributed by atoms with Crippen molar-refractivity contribution in [2.75, 3.05) is 0 Å². The van der Waals surface area contributed by atoms with Crippen LogP contribution in [-0.4, -0.2) is 12.0 Å². The minimum absolute atomic E-state index is 0.0750. The third-order valence-corrected chi connectivity index (χ3v) is 1.48. The first-order chi connectivity index (χ1) is 5.74. The number of hydrogen-bond donors (Lipinski definition) is 1. The van der Waals surface area contributed by atoms with Crippen molar-refractivity contribution in [3.05, 3.63) is 35.6 Å². The summed E-state index contributed by atoms with van der Waals surface area (Å²) in [6.07, 6.45) is 0.733. The van der Waals surface area contributed by atoms with Crippen LogP contribution in [0.25, 0.3) is 0 Å². The lowest BCUT2D eigenvalue weighted by atomic mass is 10.1. The normalized spacial score (nSPS) is 9.42. The molecular weight excluding hydrogens is 157 g/mol. The van der Waals surface area contributed by atoms with Crippen LogP contribution in [0, 0.1) is 11.2 Å². The third kappa shape index (κ3) is 1.99. The number of benzene rings is 1. The summed E-state index contributed by atoms with van der Waals surface area (Å²) in [6, 6.07) is 5.52. The topological polar surface area (TPSA) is 40.9 Å². The summed E-state index contributed by atoms with van der Waals surface area (Å²) in [5, 5.41) is 7.35. The molecule has 1 rings (SSSR count). The zero-order valence-corrected chi connectivity index (χ0v) is 6.38. The van der Waals surface area contributed by atoms with E-state index in [4.69, 9.17) is 5.41 Å². The molecule has 0 spiro atoms. The Labute approximate surface area is 69.5 Å².